The zero-order chi connectivity index (χ0) is 21.6. The highest BCUT2D eigenvalue weighted by molar-refractivity contribution is 6.31. The number of hydrogen-bond acceptors (Lipinski definition) is 4. The molecule has 0 aromatic heterocycles. The molecule has 0 aliphatic heterocycles. The lowest BCUT2D eigenvalue weighted by molar-refractivity contribution is -0.122. The Bertz CT molecular complexity index is 906. The zero-order valence-corrected chi connectivity index (χ0v) is 18.3. The van der Waals surface area contributed by atoms with E-state index in [1.54, 1.807) is 18.2 Å². The van der Waals surface area contributed by atoms with Crippen molar-refractivity contribution in [3.8, 4) is 5.75 Å². The van der Waals surface area contributed by atoms with E-state index in [4.69, 9.17) is 21.1 Å². The van der Waals surface area contributed by atoms with Crippen LogP contribution < -0.4 is 10.1 Å². The predicted molar refractivity (Wildman–Crippen MR) is 118 cm³/mol. The molecule has 30 heavy (non-hydrogen) atoms. The van der Waals surface area contributed by atoms with Crippen molar-refractivity contribution in [3.63, 3.8) is 0 Å². The van der Waals surface area contributed by atoms with Gasteiger partial charge in [-0.1, -0.05) is 56.0 Å². The molecule has 1 fully saturated rings. The number of amides is 1. The van der Waals surface area contributed by atoms with Gasteiger partial charge in [0.1, 0.15) is 11.3 Å². The van der Waals surface area contributed by atoms with E-state index < -0.39 is 11.4 Å². The molecule has 5 nitrogen and oxygen atoms in total. The van der Waals surface area contributed by atoms with Crippen LogP contribution in [0.15, 0.2) is 42.5 Å². The van der Waals surface area contributed by atoms with Crippen molar-refractivity contribution in [3.05, 3.63) is 58.6 Å². The van der Waals surface area contributed by atoms with Gasteiger partial charge in [-0.3, -0.25) is 4.79 Å². The Morgan fingerprint density at radius 2 is 1.83 bits per heavy atom. The quantitative estimate of drug-likeness (QED) is 0.568. The number of carbonyl (C=O) groups excluding carboxylic acids is 2. The molecule has 0 bridgehead atoms. The van der Waals surface area contributed by atoms with Crippen LogP contribution in [0.3, 0.4) is 0 Å². The maximum atomic E-state index is 13.5. The summed E-state index contributed by atoms with van der Waals surface area (Å²) in [4.78, 5) is 25.8. The van der Waals surface area contributed by atoms with Crippen molar-refractivity contribution in [2.75, 3.05) is 19.0 Å². The molecule has 1 aliphatic carbocycles. The van der Waals surface area contributed by atoms with E-state index in [1.807, 2.05) is 31.2 Å². The van der Waals surface area contributed by atoms with E-state index in [0.29, 0.717) is 28.6 Å². The standard InChI is InChI=1S/C24H28ClNO4/c1-3-15-30-21-12-11-17(16-18(21)22(27)29-2)26-23(28)24(13-7-4-8-14-24)19-9-5-6-10-20(19)25/h5-6,9-12,16H,3-4,7-8,13-15H2,1-2H3,(H,26,28). The molecule has 0 atom stereocenters. The summed E-state index contributed by atoms with van der Waals surface area (Å²) in [6, 6.07) is 12.6. The van der Waals surface area contributed by atoms with E-state index in [1.165, 1.54) is 7.11 Å². The van der Waals surface area contributed by atoms with E-state index in [9.17, 15) is 9.59 Å². The monoisotopic (exact) mass is 429 g/mol. The molecule has 2 aromatic rings. The summed E-state index contributed by atoms with van der Waals surface area (Å²) < 4.78 is 10.5. The van der Waals surface area contributed by atoms with Gasteiger partial charge >= 0.3 is 5.97 Å². The number of benzene rings is 2. The molecule has 160 valence electrons. The van der Waals surface area contributed by atoms with Crippen LogP contribution in [-0.4, -0.2) is 25.6 Å². The molecular formula is C24H28ClNO4. The molecule has 0 heterocycles. The van der Waals surface area contributed by atoms with E-state index >= 15 is 0 Å². The van der Waals surface area contributed by atoms with Crippen LogP contribution in [0.5, 0.6) is 5.75 Å². The minimum Gasteiger partial charge on any atom is -0.493 e. The van der Waals surface area contributed by atoms with Gasteiger partial charge in [0.2, 0.25) is 5.91 Å². The van der Waals surface area contributed by atoms with Crippen molar-refractivity contribution < 1.29 is 19.1 Å². The lowest BCUT2D eigenvalue weighted by atomic mass is 9.68. The van der Waals surface area contributed by atoms with Crippen molar-refractivity contribution in [1.82, 2.24) is 0 Å². The second-order valence-corrected chi connectivity index (χ2v) is 8.03. The van der Waals surface area contributed by atoms with Gasteiger partial charge in [0.05, 0.1) is 19.1 Å². The highest BCUT2D eigenvalue weighted by Crippen LogP contribution is 2.43. The Morgan fingerprint density at radius 1 is 1.10 bits per heavy atom. The lowest BCUT2D eigenvalue weighted by Crippen LogP contribution is -2.42. The number of nitrogens with one attached hydrogen (secondary N) is 1. The van der Waals surface area contributed by atoms with Gasteiger partial charge in [-0.25, -0.2) is 4.79 Å². The summed E-state index contributed by atoms with van der Waals surface area (Å²) in [7, 11) is 1.33. The third kappa shape index (κ3) is 4.62. The van der Waals surface area contributed by atoms with E-state index in [-0.39, 0.29) is 5.91 Å². The molecule has 1 saturated carbocycles. The van der Waals surface area contributed by atoms with Gasteiger partial charge in [-0.2, -0.15) is 0 Å². The Hall–Kier alpha value is -2.53. The first-order valence-corrected chi connectivity index (χ1v) is 10.8. The van der Waals surface area contributed by atoms with Gasteiger partial charge in [0.25, 0.3) is 0 Å². The first kappa shape index (κ1) is 22.2. The molecule has 1 N–H and O–H groups in total. The number of esters is 1. The fraction of sp³-hybridized carbons (Fsp3) is 0.417. The van der Waals surface area contributed by atoms with Crippen LogP contribution >= 0.6 is 11.6 Å². The summed E-state index contributed by atoms with van der Waals surface area (Å²) in [6.07, 6.45) is 5.34. The molecule has 0 saturated heterocycles. The number of hydrogen-bond donors (Lipinski definition) is 1. The first-order chi connectivity index (χ1) is 14.5. The zero-order valence-electron chi connectivity index (χ0n) is 17.5. The number of rotatable bonds is 7. The summed E-state index contributed by atoms with van der Waals surface area (Å²) in [5, 5.41) is 3.62. The maximum absolute atomic E-state index is 13.5. The summed E-state index contributed by atoms with van der Waals surface area (Å²) in [5.41, 5.74) is 1.000. The number of ether oxygens (including phenoxy) is 2. The Balaban J connectivity index is 1.92. The highest BCUT2D eigenvalue weighted by atomic mass is 35.5. The lowest BCUT2D eigenvalue weighted by Gasteiger charge is -2.37. The third-order valence-corrected chi connectivity index (χ3v) is 5.97. The molecule has 0 radical (unpaired) electrons. The Kier molecular flexibility index (Phi) is 7.38. The summed E-state index contributed by atoms with van der Waals surface area (Å²) in [5.74, 6) is -0.163. The fourth-order valence-electron chi connectivity index (χ4n) is 4.09. The maximum Gasteiger partial charge on any atom is 0.341 e. The molecule has 3 rings (SSSR count). The van der Waals surface area contributed by atoms with Crippen LogP contribution in [0.4, 0.5) is 5.69 Å². The minimum atomic E-state index is -0.681. The van der Waals surface area contributed by atoms with Gasteiger partial charge < -0.3 is 14.8 Å². The Labute approximate surface area is 182 Å². The molecule has 1 aliphatic rings. The van der Waals surface area contributed by atoms with Crippen molar-refractivity contribution in [2.24, 2.45) is 0 Å². The number of carbonyl (C=O) groups is 2. The van der Waals surface area contributed by atoms with Crippen LogP contribution in [0.1, 0.15) is 61.4 Å². The van der Waals surface area contributed by atoms with E-state index in [0.717, 1.165) is 44.1 Å². The third-order valence-electron chi connectivity index (χ3n) is 5.64. The topological polar surface area (TPSA) is 64.6 Å². The molecule has 0 unspecified atom stereocenters. The average molecular weight is 430 g/mol. The van der Waals surface area contributed by atoms with Gasteiger partial charge in [0, 0.05) is 10.7 Å². The summed E-state index contributed by atoms with van der Waals surface area (Å²) >= 11 is 6.49. The number of halogens is 1. The summed E-state index contributed by atoms with van der Waals surface area (Å²) in [6.45, 7) is 2.48. The van der Waals surface area contributed by atoms with Crippen molar-refractivity contribution in [1.29, 1.82) is 0 Å². The van der Waals surface area contributed by atoms with Crippen molar-refractivity contribution >= 4 is 29.2 Å². The van der Waals surface area contributed by atoms with Crippen LogP contribution in [-0.2, 0) is 14.9 Å². The number of methoxy groups -OCH3 is 1. The van der Waals surface area contributed by atoms with Crippen LogP contribution in [0.2, 0.25) is 5.02 Å². The molecule has 2 aromatic carbocycles. The molecule has 6 heteroatoms. The van der Waals surface area contributed by atoms with E-state index in [2.05, 4.69) is 5.32 Å². The van der Waals surface area contributed by atoms with Gasteiger partial charge in [-0.05, 0) is 49.1 Å². The van der Waals surface area contributed by atoms with Crippen LogP contribution in [0.25, 0.3) is 0 Å². The largest absolute Gasteiger partial charge is 0.493 e. The molecular weight excluding hydrogens is 402 g/mol. The van der Waals surface area contributed by atoms with Crippen LogP contribution in [0, 0.1) is 0 Å². The first-order valence-electron chi connectivity index (χ1n) is 10.4. The average Bonchev–Trinajstić information content (AvgIpc) is 2.78. The fourth-order valence-corrected chi connectivity index (χ4v) is 4.41. The SMILES string of the molecule is CCCOc1ccc(NC(=O)C2(c3ccccc3Cl)CCCCC2)cc1C(=O)OC. The predicted octanol–water partition coefficient (Wildman–Crippen LogP) is 5.76. The van der Waals surface area contributed by atoms with Gasteiger partial charge in [-0.15, -0.1) is 0 Å². The Morgan fingerprint density at radius 3 is 2.50 bits per heavy atom. The minimum absolute atomic E-state index is 0.103. The molecule has 0 spiro atoms. The second kappa shape index (κ2) is 9.98. The second-order valence-electron chi connectivity index (χ2n) is 7.63. The highest BCUT2D eigenvalue weighted by Gasteiger charge is 2.42. The van der Waals surface area contributed by atoms with Gasteiger partial charge in [0.15, 0.2) is 0 Å². The van der Waals surface area contributed by atoms with Crippen molar-refractivity contribution in [2.45, 2.75) is 50.9 Å². The molecule has 1 amide bonds. The normalized spacial score (nSPS) is 15.3. The number of anilines is 1. The smallest absolute Gasteiger partial charge is 0.341 e.